The second-order valence-electron chi connectivity index (χ2n) is 1.53. The topological polar surface area (TPSA) is 71.1 Å². The normalized spacial score (nSPS) is 15.6. The maximum absolute atomic E-state index is 5.86. The molecule has 0 spiro atoms. The van der Waals surface area contributed by atoms with Crippen LogP contribution < -0.4 is 11.1 Å². The number of halogens is 1. The largest absolute Gasteiger partial charge is 0.390 e. The van der Waals surface area contributed by atoms with Crippen LogP contribution in [0.3, 0.4) is 0 Å². The van der Waals surface area contributed by atoms with Crippen LogP contribution in [0.2, 0.25) is 0 Å². The summed E-state index contributed by atoms with van der Waals surface area (Å²) in [5.41, 5.74) is 4.39. The third-order valence-electron chi connectivity index (χ3n) is 0.846. The molecule has 0 aromatic carbocycles. The molecule has 4 N–H and O–H groups in total. The highest BCUT2D eigenvalue weighted by molar-refractivity contribution is 8.93. The minimum Gasteiger partial charge on any atom is -0.390 e. The minimum absolute atomic E-state index is 0. The number of ether oxygens (including phenoxy) is 1. The van der Waals surface area contributed by atoms with Gasteiger partial charge in [0, 0.05) is 13.1 Å². The maximum atomic E-state index is 5.86. The zero-order valence-electron chi connectivity index (χ0n) is 5.80. The number of hydrogen-bond donors (Lipinski definition) is 3. The molecule has 0 amide bonds. The van der Waals surface area contributed by atoms with Gasteiger partial charge < -0.3 is 15.8 Å². The Hall–Kier alpha value is -0.130. The zero-order chi connectivity index (χ0) is 6.95. The molecule has 1 fully saturated rings. The molecule has 10 heavy (non-hydrogen) atoms. The first-order chi connectivity index (χ1) is 4.41. The quantitative estimate of drug-likeness (QED) is 0.382. The van der Waals surface area contributed by atoms with Gasteiger partial charge in [0.15, 0.2) is 0 Å². The van der Waals surface area contributed by atoms with Crippen LogP contribution >= 0.6 is 17.0 Å². The van der Waals surface area contributed by atoms with Gasteiger partial charge in [0.05, 0.1) is 19.6 Å². The summed E-state index contributed by atoms with van der Waals surface area (Å²) in [4.78, 5) is 0. The van der Waals surface area contributed by atoms with E-state index in [2.05, 4.69) is 11.1 Å². The number of nitrogens with two attached hydrogens (primary N) is 1. The van der Waals surface area contributed by atoms with Gasteiger partial charge in [-0.3, -0.25) is 5.41 Å². The third kappa shape index (κ3) is 10.8. The molecular weight excluding hydrogens is 198 g/mol. The second-order valence-corrected chi connectivity index (χ2v) is 1.53. The van der Waals surface area contributed by atoms with Crippen molar-refractivity contribution in [2.75, 3.05) is 26.3 Å². The lowest BCUT2D eigenvalue weighted by molar-refractivity contribution is 0.109. The number of rotatable bonds is 0. The predicted molar refractivity (Wildman–Crippen MR) is 47.0 cm³/mol. The molecule has 0 unspecified atom stereocenters. The Bertz CT molecular complexity index is 56.4. The predicted octanol–water partition coefficient (Wildman–Crippen LogP) is -0.264. The fraction of sp³-hybridized carbons (Fsp3) is 0.800. The lowest BCUT2D eigenvalue weighted by Gasteiger charge is -2.10. The second kappa shape index (κ2) is 11.6. The Labute approximate surface area is 71.4 Å². The Balaban J connectivity index is 0. The first-order valence-corrected chi connectivity index (χ1v) is 2.91. The molecule has 0 radical (unpaired) electrons. The van der Waals surface area contributed by atoms with Gasteiger partial charge in [-0.05, 0) is 0 Å². The van der Waals surface area contributed by atoms with E-state index in [1.165, 1.54) is 0 Å². The Morgan fingerprint density at radius 3 is 1.90 bits per heavy atom. The zero-order valence-corrected chi connectivity index (χ0v) is 7.51. The molecule has 0 aromatic rings. The summed E-state index contributed by atoms with van der Waals surface area (Å²) in [6.07, 6.45) is 0.750. The van der Waals surface area contributed by atoms with Crippen LogP contribution in [0.25, 0.3) is 0 Å². The standard InChI is InChI=1S/C4H9NO.CH4N2.BrH/c1-3-6-4-2-5-1;2-1-3;/h5H,1-4H2;1H,(H3,2,3);1H. The molecule has 0 saturated carbocycles. The Morgan fingerprint density at radius 2 is 1.80 bits per heavy atom. The van der Waals surface area contributed by atoms with E-state index in [0.717, 1.165) is 32.6 Å². The molecule has 1 rings (SSSR count). The van der Waals surface area contributed by atoms with Crippen molar-refractivity contribution in [1.82, 2.24) is 5.32 Å². The van der Waals surface area contributed by atoms with Crippen LogP contribution in [0.5, 0.6) is 0 Å². The van der Waals surface area contributed by atoms with E-state index >= 15 is 0 Å². The van der Waals surface area contributed by atoms with Crippen molar-refractivity contribution < 1.29 is 4.74 Å². The molecule has 5 heteroatoms. The summed E-state index contributed by atoms with van der Waals surface area (Å²) in [5, 5.41) is 9.02. The van der Waals surface area contributed by atoms with Crippen molar-refractivity contribution >= 4 is 23.3 Å². The molecule has 0 aromatic heterocycles. The lowest BCUT2D eigenvalue weighted by Crippen LogP contribution is -2.30. The monoisotopic (exact) mass is 211 g/mol. The molecule has 4 nitrogen and oxygen atoms in total. The van der Waals surface area contributed by atoms with Crippen LogP contribution in [-0.2, 0) is 4.74 Å². The minimum atomic E-state index is 0. The van der Waals surface area contributed by atoms with E-state index in [4.69, 9.17) is 10.1 Å². The van der Waals surface area contributed by atoms with Gasteiger partial charge in [-0.2, -0.15) is 0 Å². The molecule has 1 aliphatic heterocycles. The molecule has 0 aliphatic carbocycles. The Kier molecular flexibility index (Phi) is 14.6. The first-order valence-electron chi connectivity index (χ1n) is 2.91. The van der Waals surface area contributed by atoms with E-state index in [1.54, 1.807) is 0 Å². The van der Waals surface area contributed by atoms with Crippen LogP contribution in [0, 0.1) is 5.41 Å². The van der Waals surface area contributed by atoms with Gasteiger partial charge in [0.1, 0.15) is 0 Å². The highest BCUT2D eigenvalue weighted by Crippen LogP contribution is 1.76. The van der Waals surface area contributed by atoms with Gasteiger partial charge in [-0.1, -0.05) is 0 Å². The van der Waals surface area contributed by atoms with Crippen LogP contribution in [-0.4, -0.2) is 32.6 Å². The van der Waals surface area contributed by atoms with E-state index in [0.29, 0.717) is 0 Å². The molecule has 1 heterocycles. The van der Waals surface area contributed by atoms with Gasteiger partial charge >= 0.3 is 0 Å². The molecule has 0 bridgehead atoms. The summed E-state index contributed by atoms with van der Waals surface area (Å²) in [5.74, 6) is 0. The third-order valence-corrected chi connectivity index (χ3v) is 0.846. The van der Waals surface area contributed by atoms with Crippen molar-refractivity contribution in [2.24, 2.45) is 5.73 Å². The number of nitrogens with one attached hydrogen (secondary N) is 2. The van der Waals surface area contributed by atoms with Gasteiger partial charge in [0.2, 0.25) is 0 Å². The summed E-state index contributed by atoms with van der Waals surface area (Å²) in [6, 6.07) is 0. The fourth-order valence-electron chi connectivity index (χ4n) is 0.516. The molecule has 0 atom stereocenters. The smallest absolute Gasteiger partial charge is 0.0765 e. The van der Waals surface area contributed by atoms with E-state index in [9.17, 15) is 0 Å². The van der Waals surface area contributed by atoms with E-state index < -0.39 is 0 Å². The SMILES string of the molecule is Br.C1COCCN1.N=CN. The summed E-state index contributed by atoms with van der Waals surface area (Å²) in [7, 11) is 0. The van der Waals surface area contributed by atoms with Gasteiger partial charge in [-0.25, -0.2) is 0 Å². The van der Waals surface area contributed by atoms with E-state index in [1.807, 2.05) is 0 Å². The highest BCUT2D eigenvalue weighted by atomic mass is 79.9. The average molecular weight is 212 g/mol. The average Bonchev–Trinajstić information content (AvgIpc) is 1.93. The summed E-state index contributed by atoms with van der Waals surface area (Å²) < 4.78 is 5.01. The van der Waals surface area contributed by atoms with Crippen molar-refractivity contribution in [3.05, 3.63) is 0 Å². The molecule has 1 aliphatic rings. The fourth-order valence-corrected chi connectivity index (χ4v) is 0.516. The molecular formula is C5H14BrN3O. The molecule has 1 saturated heterocycles. The summed E-state index contributed by atoms with van der Waals surface area (Å²) >= 11 is 0. The summed E-state index contributed by atoms with van der Waals surface area (Å²) in [6.45, 7) is 3.83. The maximum Gasteiger partial charge on any atom is 0.0765 e. The number of hydrogen-bond acceptors (Lipinski definition) is 3. The van der Waals surface area contributed by atoms with Crippen LogP contribution in [0.4, 0.5) is 0 Å². The van der Waals surface area contributed by atoms with Crippen LogP contribution in [0.1, 0.15) is 0 Å². The van der Waals surface area contributed by atoms with E-state index in [-0.39, 0.29) is 17.0 Å². The van der Waals surface area contributed by atoms with Crippen molar-refractivity contribution in [3.8, 4) is 0 Å². The van der Waals surface area contributed by atoms with Gasteiger partial charge in [-0.15, -0.1) is 17.0 Å². The van der Waals surface area contributed by atoms with Crippen molar-refractivity contribution in [3.63, 3.8) is 0 Å². The Morgan fingerprint density at radius 1 is 1.40 bits per heavy atom. The molecule has 62 valence electrons. The lowest BCUT2D eigenvalue weighted by atomic mass is 10.5. The van der Waals surface area contributed by atoms with Crippen molar-refractivity contribution in [2.45, 2.75) is 0 Å². The first kappa shape index (κ1) is 12.5. The van der Waals surface area contributed by atoms with Crippen LogP contribution in [0.15, 0.2) is 0 Å². The van der Waals surface area contributed by atoms with Gasteiger partial charge in [0.25, 0.3) is 0 Å². The highest BCUT2D eigenvalue weighted by Gasteiger charge is 1.92. The number of morpholine rings is 1. The van der Waals surface area contributed by atoms with Crippen molar-refractivity contribution in [1.29, 1.82) is 5.41 Å².